The summed E-state index contributed by atoms with van der Waals surface area (Å²) in [5.74, 6) is 1.09. The Hall–Kier alpha value is -1.46. The number of thiocarbonyl (C=S) groups is 2. The summed E-state index contributed by atoms with van der Waals surface area (Å²) in [6.07, 6.45) is 1.72. The third-order valence-corrected chi connectivity index (χ3v) is 9.54. The summed E-state index contributed by atoms with van der Waals surface area (Å²) in [6.45, 7) is 4.15. The van der Waals surface area contributed by atoms with E-state index in [1.807, 2.05) is 44.1 Å². The van der Waals surface area contributed by atoms with Gasteiger partial charge in [0.1, 0.15) is 8.64 Å². The van der Waals surface area contributed by atoms with Crippen molar-refractivity contribution in [3.63, 3.8) is 0 Å². The van der Waals surface area contributed by atoms with Gasteiger partial charge in [-0.1, -0.05) is 54.0 Å². The van der Waals surface area contributed by atoms with E-state index >= 15 is 0 Å². The molecule has 34 heavy (non-hydrogen) atoms. The molecular weight excluding hydrogens is 503 g/mol. The van der Waals surface area contributed by atoms with Crippen molar-refractivity contribution in [2.45, 2.75) is 0 Å². The Balaban J connectivity index is 1.77. The second-order valence-corrected chi connectivity index (χ2v) is 12.2. The van der Waals surface area contributed by atoms with E-state index in [1.54, 1.807) is 6.20 Å². The Labute approximate surface area is 222 Å². The third kappa shape index (κ3) is 7.27. The van der Waals surface area contributed by atoms with Crippen LogP contribution in [0.5, 0.6) is 0 Å². The molecule has 0 bridgehead atoms. The normalized spacial score (nSPS) is 14.5. The molecule has 0 atom stereocenters. The standard InChI is InChI=1S/C24H33N5OS4/c1-26(2)23(31)33-15-19(16-34-24(32)27(3)4)22(30)18-12-17-6-7-20(13-21(17)25-14-18)29-10-8-28(5)9-11-29/h6-7,12-14,19H,8-11,15-16H2,1-5H3. The predicted octanol–water partition coefficient (Wildman–Crippen LogP) is 3.94. The monoisotopic (exact) mass is 535 g/mol. The minimum atomic E-state index is -0.213. The van der Waals surface area contributed by atoms with Crippen molar-refractivity contribution < 1.29 is 4.79 Å². The van der Waals surface area contributed by atoms with Gasteiger partial charge in [-0.2, -0.15) is 0 Å². The maximum Gasteiger partial charge on any atom is 0.169 e. The molecule has 2 aromatic rings. The van der Waals surface area contributed by atoms with Crippen LogP contribution in [0.15, 0.2) is 30.5 Å². The molecule has 1 aromatic heterocycles. The number of Topliss-reactive ketones (excluding diaryl/α,β-unsaturated/α-hetero) is 1. The van der Waals surface area contributed by atoms with Crippen LogP contribution in [0.3, 0.4) is 0 Å². The van der Waals surface area contributed by atoms with Gasteiger partial charge >= 0.3 is 0 Å². The Morgan fingerprint density at radius 3 is 2.15 bits per heavy atom. The molecule has 0 radical (unpaired) electrons. The number of fused-ring (bicyclic) bond motifs is 1. The SMILES string of the molecule is CN1CCN(c2ccc3cc(C(=O)C(CSC(=S)N(C)C)CSC(=S)N(C)C)cnc3c2)CC1. The van der Waals surface area contributed by atoms with Crippen molar-refractivity contribution in [1.29, 1.82) is 0 Å². The lowest BCUT2D eigenvalue weighted by molar-refractivity contribution is 0.0944. The molecule has 1 fully saturated rings. The lowest BCUT2D eigenvalue weighted by Gasteiger charge is -2.34. The number of carbonyl (C=O) groups excluding carboxylic acids is 1. The Bertz CT molecular complexity index is 1010. The van der Waals surface area contributed by atoms with Crippen LogP contribution in [0, 0.1) is 5.92 Å². The molecule has 10 heteroatoms. The number of likely N-dealkylation sites (N-methyl/N-ethyl adjacent to an activating group) is 1. The van der Waals surface area contributed by atoms with Crippen LogP contribution in [0.4, 0.5) is 5.69 Å². The molecule has 3 rings (SSSR count). The van der Waals surface area contributed by atoms with E-state index in [1.165, 1.54) is 29.2 Å². The Kier molecular flexibility index (Phi) is 9.96. The van der Waals surface area contributed by atoms with Crippen LogP contribution >= 0.6 is 48.0 Å². The smallest absolute Gasteiger partial charge is 0.169 e. The minimum Gasteiger partial charge on any atom is -0.369 e. The first kappa shape index (κ1) is 27.1. The number of ketones is 1. The number of pyridine rings is 1. The lowest BCUT2D eigenvalue weighted by Crippen LogP contribution is -2.44. The van der Waals surface area contributed by atoms with Crippen LogP contribution in [0.1, 0.15) is 10.4 Å². The zero-order valence-corrected chi connectivity index (χ0v) is 23.8. The summed E-state index contributed by atoms with van der Waals surface area (Å²) in [5, 5.41) is 0.982. The quantitative estimate of drug-likeness (QED) is 0.385. The van der Waals surface area contributed by atoms with E-state index in [-0.39, 0.29) is 11.7 Å². The zero-order valence-electron chi connectivity index (χ0n) is 20.5. The molecule has 0 spiro atoms. The van der Waals surface area contributed by atoms with Gasteiger partial charge in [0, 0.05) is 94.6 Å². The highest BCUT2D eigenvalue weighted by molar-refractivity contribution is 8.23. The molecule has 1 saturated heterocycles. The van der Waals surface area contributed by atoms with Gasteiger partial charge in [0.25, 0.3) is 0 Å². The van der Waals surface area contributed by atoms with Crippen LogP contribution in [-0.2, 0) is 0 Å². The first-order valence-corrected chi connectivity index (χ1v) is 14.0. The third-order valence-electron chi connectivity index (χ3n) is 5.74. The fourth-order valence-electron chi connectivity index (χ4n) is 3.54. The molecule has 1 aromatic carbocycles. The second kappa shape index (κ2) is 12.5. The highest BCUT2D eigenvalue weighted by Crippen LogP contribution is 2.26. The van der Waals surface area contributed by atoms with Crippen molar-refractivity contribution in [2.75, 3.05) is 77.8 Å². The predicted molar refractivity (Wildman–Crippen MR) is 157 cm³/mol. The summed E-state index contributed by atoms with van der Waals surface area (Å²) in [6, 6.07) is 8.31. The Morgan fingerprint density at radius 2 is 1.59 bits per heavy atom. The van der Waals surface area contributed by atoms with Crippen LogP contribution in [-0.4, -0.2) is 107 Å². The van der Waals surface area contributed by atoms with Crippen molar-refractivity contribution in [1.82, 2.24) is 19.7 Å². The molecule has 1 aliphatic rings. The summed E-state index contributed by atoms with van der Waals surface area (Å²) < 4.78 is 1.54. The number of aromatic nitrogens is 1. The lowest BCUT2D eigenvalue weighted by atomic mass is 10.0. The molecule has 0 aliphatic carbocycles. The largest absolute Gasteiger partial charge is 0.369 e. The number of piperazine rings is 1. The van der Waals surface area contributed by atoms with Gasteiger partial charge in [0.05, 0.1) is 5.52 Å². The molecule has 6 nitrogen and oxygen atoms in total. The van der Waals surface area contributed by atoms with E-state index in [9.17, 15) is 4.79 Å². The highest BCUT2D eigenvalue weighted by Gasteiger charge is 2.23. The molecule has 0 unspecified atom stereocenters. The van der Waals surface area contributed by atoms with Crippen molar-refractivity contribution in [2.24, 2.45) is 5.92 Å². The molecule has 0 amide bonds. The molecule has 0 saturated carbocycles. The number of anilines is 1. The van der Waals surface area contributed by atoms with Crippen LogP contribution in [0.2, 0.25) is 0 Å². The average Bonchev–Trinajstić information content (AvgIpc) is 2.82. The van der Waals surface area contributed by atoms with Gasteiger partial charge in [-0.25, -0.2) is 0 Å². The van der Waals surface area contributed by atoms with Crippen molar-refractivity contribution in [3.8, 4) is 0 Å². The van der Waals surface area contributed by atoms with Crippen LogP contribution in [0.25, 0.3) is 10.9 Å². The maximum atomic E-state index is 13.5. The Morgan fingerprint density at radius 1 is 1.00 bits per heavy atom. The number of thioether (sulfide) groups is 2. The van der Waals surface area contributed by atoms with E-state index in [2.05, 4.69) is 40.0 Å². The van der Waals surface area contributed by atoms with Gasteiger partial charge < -0.3 is 19.6 Å². The fraction of sp³-hybridized carbons (Fsp3) is 0.500. The number of rotatable bonds is 7. The molecular formula is C24H33N5OS4. The second-order valence-electron chi connectivity index (χ2n) is 8.90. The number of hydrogen-bond donors (Lipinski definition) is 0. The number of carbonyl (C=O) groups is 1. The number of hydrogen-bond acceptors (Lipinski definition) is 8. The summed E-state index contributed by atoms with van der Waals surface area (Å²) >= 11 is 13.9. The first-order valence-electron chi connectivity index (χ1n) is 11.2. The van der Waals surface area contributed by atoms with Gasteiger partial charge in [0.15, 0.2) is 5.78 Å². The molecule has 1 aliphatic heterocycles. The van der Waals surface area contributed by atoms with Crippen LogP contribution < -0.4 is 4.90 Å². The fourth-order valence-corrected chi connectivity index (χ4v) is 5.84. The maximum absolute atomic E-state index is 13.5. The summed E-state index contributed by atoms with van der Waals surface area (Å²) in [5.41, 5.74) is 2.74. The van der Waals surface area contributed by atoms with E-state index in [0.717, 1.165) is 45.7 Å². The summed E-state index contributed by atoms with van der Waals surface area (Å²) in [4.78, 5) is 26.7. The van der Waals surface area contributed by atoms with Gasteiger partial charge in [0.2, 0.25) is 0 Å². The molecule has 2 heterocycles. The van der Waals surface area contributed by atoms with E-state index < -0.39 is 0 Å². The van der Waals surface area contributed by atoms with E-state index in [0.29, 0.717) is 17.1 Å². The topological polar surface area (TPSA) is 42.9 Å². The summed E-state index contributed by atoms with van der Waals surface area (Å²) in [7, 11) is 9.85. The van der Waals surface area contributed by atoms with Gasteiger partial charge in [-0.15, -0.1) is 0 Å². The van der Waals surface area contributed by atoms with Gasteiger partial charge in [-0.05, 0) is 25.2 Å². The number of nitrogens with zero attached hydrogens (tertiary/aromatic N) is 5. The molecule has 0 N–H and O–H groups in total. The van der Waals surface area contributed by atoms with Crippen molar-refractivity contribution >= 4 is 79.0 Å². The first-order chi connectivity index (χ1) is 16.2. The average molecular weight is 536 g/mol. The van der Waals surface area contributed by atoms with Crippen molar-refractivity contribution in [3.05, 3.63) is 36.0 Å². The minimum absolute atomic E-state index is 0.0839. The zero-order chi connectivity index (χ0) is 24.8. The van der Waals surface area contributed by atoms with E-state index in [4.69, 9.17) is 24.4 Å². The highest BCUT2D eigenvalue weighted by atomic mass is 32.2. The van der Waals surface area contributed by atoms with Gasteiger partial charge in [-0.3, -0.25) is 9.78 Å². The number of benzene rings is 1. The molecule has 184 valence electrons.